The van der Waals surface area contributed by atoms with E-state index in [2.05, 4.69) is 4.98 Å². The molecule has 110 valence electrons. The molecule has 0 aliphatic rings. The Morgan fingerprint density at radius 1 is 1.29 bits per heavy atom. The second-order valence-corrected chi connectivity index (χ2v) is 5.69. The molecule has 0 spiro atoms. The molecule has 0 saturated heterocycles. The fourth-order valence-corrected chi connectivity index (χ4v) is 3.01. The van der Waals surface area contributed by atoms with Crippen molar-refractivity contribution in [1.82, 2.24) is 4.98 Å². The standard InChI is InChI=1S/C16H17NO3S/c1-20-15-13(8-5-9-17-15)11-21-14(16(18)19)10-12-6-3-2-4-7-12/h2-9,14H,10-11H2,1H3,(H,18,19). The van der Waals surface area contributed by atoms with E-state index >= 15 is 0 Å². The number of carboxylic acid groups (broad SMARTS) is 1. The lowest BCUT2D eigenvalue weighted by atomic mass is 10.1. The van der Waals surface area contributed by atoms with Gasteiger partial charge in [-0.25, -0.2) is 4.98 Å². The van der Waals surface area contributed by atoms with Crippen LogP contribution in [0.1, 0.15) is 11.1 Å². The number of rotatable bonds is 7. The summed E-state index contributed by atoms with van der Waals surface area (Å²) in [4.78, 5) is 15.5. The van der Waals surface area contributed by atoms with Crippen LogP contribution in [0.25, 0.3) is 0 Å². The summed E-state index contributed by atoms with van der Waals surface area (Å²) in [5.74, 6) is 0.307. The SMILES string of the molecule is COc1ncccc1CSC(Cc1ccccc1)C(=O)O. The third kappa shape index (κ3) is 4.49. The maximum absolute atomic E-state index is 11.4. The Morgan fingerprint density at radius 3 is 2.71 bits per heavy atom. The number of methoxy groups -OCH3 is 1. The van der Waals surface area contributed by atoms with Crippen molar-refractivity contribution >= 4 is 17.7 Å². The molecule has 0 fully saturated rings. The quantitative estimate of drug-likeness (QED) is 0.852. The predicted octanol–water partition coefficient (Wildman–Crippen LogP) is 3.02. The first kappa shape index (κ1) is 15.4. The van der Waals surface area contributed by atoms with E-state index in [0.29, 0.717) is 18.1 Å². The fourth-order valence-electron chi connectivity index (χ4n) is 1.95. The van der Waals surface area contributed by atoms with Crippen LogP contribution in [0.2, 0.25) is 0 Å². The van der Waals surface area contributed by atoms with E-state index in [9.17, 15) is 9.90 Å². The summed E-state index contributed by atoms with van der Waals surface area (Å²) in [5, 5.41) is 8.88. The molecular weight excluding hydrogens is 286 g/mol. The Balaban J connectivity index is 2.02. The molecule has 2 rings (SSSR count). The van der Waals surface area contributed by atoms with Crippen LogP contribution in [0.15, 0.2) is 48.7 Å². The van der Waals surface area contributed by atoms with Crippen molar-refractivity contribution in [1.29, 1.82) is 0 Å². The molecule has 1 heterocycles. The molecule has 1 atom stereocenters. The summed E-state index contributed by atoms with van der Waals surface area (Å²) in [5.41, 5.74) is 1.93. The van der Waals surface area contributed by atoms with E-state index in [-0.39, 0.29) is 0 Å². The van der Waals surface area contributed by atoms with Gasteiger partial charge in [0.15, 0.2) is 0 Å². The van der Waals surface area contributed by atoms with Gasteiger partial charge in [-0.15, -0.1) is 11.8 Å². The third-order valence-corrected chi connectivity index (χ3v) is 4.27. The van der Waals surface area contributed by atoms with Crippen LogP contribution in [0.4, 0.5) is 0 Å². The minimum Gasteiger partial charge on any atom is -0.481 e. The molecule has 0 aliphatic heterocycles. The normalized spacial score (nSPS) is 11.9. The largest absolute Gasteiger partial charge is 0.481 e. The van der Waals surface area contributed by atoms with Gasteiger partial charge in [-0.2, -0.15) is 0 Å². The molecule has 0 aliphatic carbocycles. The van der Waals surface area contributed by atoms with E-state index in [4.69, 9.17) is 4.74 Å². The van der Waals surface area contributed by atoms with Gasteiger partial charge in [0, 0.05) is 17.5 Å². The Morgan fingerprint density at radius 2 is 2.05 bits per heavy atom. The number of carboxylic acids is 1. The lowest BCUT2D eigenvalue weighted by molar-refractivity contribution is -0.136. The van der Waals surface area contributed by atoms with Crippen molar-refractivity contribution in [3.63, 3.8) is 0 Å². The molecule has 0 radical (unpaired) electrons. The second-order valence-electron chi connectivity index (χ2n) is 4.50. The lowest BCUT2D eigenvalue weighted by Crippen LogP contribution is -2.19. The minimum atomic E-state index is -0.799. The number of aromatic nitrogens is 1. The van der Waals surface area contributed by atoms with Gasteiger partial charge >= 0.3 is 5.97 Å². The average Bonchev–Trinajstić information content (AvgIpc) is 2.52. The zero-order chi connectivity index (χ0) is 15.1. The number of thioether (sulfide) groups is 1. The first-order chi connectivity index (χ1) is 10.2. The van der Waals surface area contributed by atoms with E-state index in [1.165, 1.54) is 11.8 Å². The van der Waals surface area contributed by atoms with Crippen molar-refractivity contribution in [3.8, 4) is 5.88 Å². The first-order valence-electron chi connectivity index (χ1n) is 6.57. The van der Waals surface area contributed by atoms with Crippen LogP contribution in [-0.2, 0) is 17.0 Å². The first-order valence-corrected chi connectivity index (χ1v) is 7.62. The molecule has 2 aromatic rings. The topological polar surface area (TPSA) is 59.4 Å². The number of benzene rings is 1. The van der Waals surface area contributed by atoms with Gasteiger partial charge in [0.05, 0.1) is 7.11 Å². The van der Waals surface area contributed by atoms with Gasteiger partial charge in [-0.1, -0.05) is 36.4 Å². The molecule has 0 bridgehead atoms. The van der Waals surface area contributed by atoms with E-state index < -0.39 is 11.2 Å². The van der Waals surface area contributed by atoms with Gasteiger partial charge < -0.3 is 9.84 Å². The summed E-state index contributed by atoms with van der Waals surface area (Å²) in [6.45, 7) is 0. The highest BCUT2D eigenvalue weighted by molar-refractivity contribution is 7.99. The molecule has 4 nitrogen and oxygen atoms in total. The molecular formula is C16H17NO3S. The van der Waals surface area contributed by atoms with Crippen LogP contribution >= 0.6 is 11.8 Å². The molecule has 1 N–H and O–H groups in total. The van der Waals surface area contributed by atoms with Gasteiger partial charge in [0.1, 0.15) is 5.25 Å². The lowest BCUT2D eigenvalue weighted by Gasteiger charge is -2.13. The number of aliphatic carboxylic acids is 1. The van der Waals surface area contributed by atoms with Crippen LogP contribution in [-0.4, -0.2) is 28.4 Å². The fraction of sp³-hybridized carbons (Fsp3) is 0.250. The summed E-state index contributed by atoms with van der Waals surface area (Å²) in [7, 11) is 1.56. The Bertz CT molecular complexity index is 589. The Labute approximate surface area is 128 Å². The Kier molecular flexibility index (Phi) is 5.63. The highest BCUT2D eigenvalue weighted by Gasteiger charge is 2.19. The molecule has 5 heteroatoms. The number of ether oxygens (including phenoxy) is 1. The molecule has 1 unspecified atom stereocenters. The highest BCUT2D eigenvalue weighted by Crippen LogP contribution is 2.25. The van der Waals surface area contributed by atoms with E-state index in [1.54, 1.807) is 13.3 Å². The monoisotopic (exact) mass is 303 g/mol. The van der Waals surface area contributed by atoms with Crippen molar-refractivity contribution in [2.45, 2.75) is 17.4 Å². The van der Waals surface area contributed by atoms with Crippen molar-refractivity contribution in [3.05, 3.63) is 59.8 Å². The molecule has 21 heavy (non-hydrogen) atoms. The maximum atomic E-state index is 11.4. The maximum Gasteiger partial charge on any atom is 0.316 e. The number of hydrogen-bond donors (Lipinski definition) is 1. The van der Waals surface area contributed by atoms with Crippen LogP contribution in [0.3, 0.4) is 0 Å². The van der Waals surface area contributed by atoms with Crippen LogP contribution < -0.4 is 4.74 Å². The smallest absolute Gasteiger partial charge is 0.316 e. The van der Waals surface area contributed by atoms with Gasteiger partial charge in [0.2, 0.25) is 5.88 Å². The van der Waals surface area contributed by atoms with Gasteiger partial charge in [0.25, 0.3) is 0 Å². The molecule has 1 aromatic carbocycles. The van der Waals surface area contributed by atoms with Gasteiger partial charge in [-0.3, -0.25) is 4.79 Å². The predicted molar refractivity (Wildman–Crippen MR) is 83.7 cm³/mol. The zero-order valence-electron chi connectivity index (χ0n) is 11.7. The van der Waals surface area contributed by atoms with Crippen molar-refractivity contribution < 1.29 is 14.6 Å². The third-order valence-electron chi connectivity index (χ3n) is 3.02. The number of pyridine rings is 1. The van der Waals surface area contributed by atoms with Crippen molar-refractivity contribution in [2.75, 3.05) is 7.11 Å². The van der Waals surface area contributed by atoms with Gasteiger partial charge in [-0.05, 0) is 18.1 Å². The number of hydrogen-bond acceptors (Lipinski definition) is 4. The number of carbonyl (C=O) groups is 1. The highest BCUT2D eigenvalue weighted by atomic mass is 32.2. The average molecular weight is 303 g/mol. The summed E-state index contributed by atoms with van der Waals surface area (Å²) in [6.07, 6.45) is 2.16. The van der Waals surface area contributed by atoms with E-state index in [0.717, 1.165) is 11.1 Å². The summed E-state index contributed by atoms with van der Waals surface area (Å²) in [6, 6.07) is 13.4. The van der Waals surface area contributed by atoms with Crippen LogP contribution in [0, 0.1) is 0 Å². The van der Waals surface area contributed by atoms with Crippen LogP contribution in [0.5, 0.6) is 5.88 Å². The molecule has 0 saturated carbocycles. The molecule has 0 amide bonds. The number of nitrogens with zero attached hydrogens (tertiary/aromatic N) is 1. The van der Waals surface area contributed by atoms with Crippen molar-refractivity contribution in [2.24, 2.45) is 0 Å². The summed E-state index contributed by atoms with van der Waals surface area (Å²) >= 11 is 1.39. The summed E-state index contributed by atoms with van der Waals surface area (Å²) < 4.78 is 5.18. The minimum absolute atomic E-state index is 0.489. The Hall–Kier alpha value is -2.01. The molecule has 1 aromatic heterocycles. The second kappa shape index (κ2) is 7.69. The van der Waals surface area contributed by atoms with E-state index in [1.807, 2.05) is 42.5 Å². The zero-order valence-corrected chi connectivity index (χ0v) is 12.5.